The molecule has 0 spiro atoms. The molecule has 4 heteroatoms. The molecule has 2 rings (SSSR count). The number of carbonyl (C=O) groups excluding carboxylic acids is 1. The average molecular weight is 241 g/mol. The van der Waals surface area contributed by atoms with Gasteiger partial charge in [-0.3, -0.25) is 9.69 Å². The summed E-state index contributed by atoms with van der Waals surface area (Å²) in [4.78, 5) is 13.8. The zero-order valence-corrected chi connectivity index (χ0v) is 10.7. The monoisotopic (exact) mass is 241 g/mol. The van der Waals surface area contributed by atoms with Crippen molar-refractivity contribution in [3.8, 4) is 0 Å². The van der Waals surface area contributed by atoms with E-state index in [9.17, 15) is 9.18 Å². The van der Waals surface area contributed by atoms with Crippen LogP contribution in [0.15, 0.2) is 12.2 Å². The van der Waals surface area contributed by atoms with E-state index in [2.05, 4.69) is 0 Å². The number of fused-ring (bicyclic) bond motifs is 1. The van der Waals surface area contributed by atoms with Crippen LogP contribution in [0.4, 0.5) is 4.39 Å². The minimum absolute atomic E-state index is 0.227. The van der Waals surface area contributed by atoms with Crippen molar-refractivity contribution in [1.29, 1.82) is 0 Å². The lowest BCUT2D eigenvalue weighted by Gasteiger charge is -2.31. The van der Waals surface area contributed by atoms with E-state index in [4.69, 9.17) is 4.74 Å². The molecule has 96 valence electrons. The molecule has 0 unspecified atom stereocenters. The first-order chi connectivity index (χ1) is 7.83. The molecule has 2 aliphatic heterocycles. The zero-order valence-electron chi connectivity index (χ0n) is 10.7. The van der Waals surface area contributed by atoms with E-state index < -0.39 is 11.6 Å². The van der Waals surface area contributed by atoms with Gasteiger partial charge in [-0.05, 0) is 20.8 Å². The van der Waals surface area contributed by atoms with Crippen LogP contribution in [0.2, 0.25) is 0 Å². The zero-order chi connectivity index (χ0) is 12.7. The van der Waals surface area contributed by atoms with Gasteiger partial charge in [-0.2, -0.15) is 0 Å². The normalized spacial score (nSPS) is 32.8. The van der Waals surface area contributed by atoms with Crippen molar-refractivity contribution in [2.75, 3.05) is 19.7 Å². The Bertz CT molecular complexity index is 348. The summed E-state index contributed by atoms with van der Waals surface area (Å²) >= 11 is 0. The molecule has 0 amide bonds. The Morgan fingerprint density at radius 3 is 2.94 bits per heavy atom. The number of carbonyl (C=O) groups is 1. The predicted molar refractivity (Wildman–Crippen MR) is 63.4 cm³/mol. The molecule has 0 saturated carbocycles. The first-order valence-electron chi connectivity index (χ1n) is 6.08. The smallest absolute Gasteiger partial charge is 0.311 e. The first kappa shape index (κ1) is 12.6. The lowest BCUT2D eigenvalue weighted by Crippen LogP contribution is -2.44. The van der Waals surface area contributed by atoms with Crippen LogP contribution in [-0.2, 0) is 9.53 Å². The molecule has 0 aliphatic carbocycles. The summed E-state index contributed by atoms with van der Waals surface area (Å²) in [6.07, 6.45) is 3.63. The van der Waals surface area contributed by atoms with Crippen molar-refractivity contribution in [1.82, 2.24) is 4.90 Å². The van der Waals surface area contributed by atoms with E-state index in [1.54, 1.807) is 0 Å². The van der Waals surface area contributed by atoms with Crippen LogP contribution in [0.1, 0.15) is 27.2 Å². The second-order valence-electron chi connectivity index (χ2n) is 6.04. The highest BCUT2D eigenvalue weighted by atomic mass is 19.1. The van der Waals surface area contributed by atoms with Crippen molar-refractivity contribution < 1.29 is 13.9 Å². The molecule has 1 saturated heterocycles. The van der Waals surface area contributed by atoms with E-state index >= 15 is 0 Å². The fourth-order valence-corrected chi connectivity index (χ4v) is 2.43. The molecule has 0 aromatic carbocycles. The molecule has 2 atom stereocenters. The van der Waals surface area contributed by atoms with Gasteiger partial charge in [-0.1, -0.05) is 12.2 Å². The summed E-state index contributed by atoms with van der Waals surface area (Å²) in [5.74, 6) is -0.227. The second-order valence-corrected chi connectivity index (χ2v) is 6.04. The lowest BCUT2D eigenvalue weighted by atomic mass is 9.96. The van der Waals surface area contributed by atoms with Gasteiger partial charge in [0, 0.05) is 19.5 Å². The topological polar surface area (TPSA) is 29.5 Å². The van der Waals surface area contributed by atoms with E-state index in [0.29, 0.717) is 13.0 Å². The summed E-state index contributed by atoms with van der Waals surface area (Å²) in [6.45, 7) is 6.93. The number of rotatable bonds is 2. The Morgan fingerprint density at radius 1 is 1.59 bits per heavy atom. The maximum atomic E-state index is 13.4. The Morgan fingerprint density at radius 2 is 2.29 bits per heavy atom. The molecular formula is C13H20FNO2. The maximum absolute atomic E-state index is 13.4. The van der Waals surface area contributed by atoms with Crippen molar-refractivity contribution in [2.24, 2.45) is 5.41 Å². The maximum Gasteiger partial charge on any atom is 0.311 e. The lowest BCUT2D eigenvalue weighted by molar-refractivity contribution is -0.155. The van der Waals surface area contributed by atoms with Gasteiger partial charge in [0.25, 0.3) is 0 Å². The fourth-order valence-electron chi connectivity index (χ4n) is 2.43. The standard InChI is InChI=1S/C13H20FNO2/c1-12(2,3)11(16)17-9-13-5-4-6-15(13)8-10(14)7-13/h4-5,10H,6-9H2,1-3H3/t10-,13+/m1/s1. The van der Waals surface area contributed by atoms with Crippen molar-refractivity contribution >= 4 is 5.97 Å². The number of esters is 1. The minimum atomic E-state index is -0.812. The van der Waals surface area contributed by atoms with Crippen LogP contribution < -0.4 is 0 Å². The van der Waals surface area contributed by atoms with Gasteiger partial charge in [0.05, 0.1) is 11.0 Å². The Kier molecular flexibility index (Phi) is 3.02. The fraction of sp³-hybridized carbons (Fsp3) is 0.769. The van der Waals surface area contributed by atoms with Crippen LogP contribution >= 0.6 is 0 Å². The molecule has 2 aliphatic rings. The molecule has 2 heterocycles. The third-order valence-corrected chi connectivity index (χ3v) is 3.44. The summed E-state index contributed by atoms with van der Waals surface area (Å²) in [7, 11) is 0. The molecule has 0 radical (unpaired) electrons. The van der Waals surface area contributed by atoms with Crippen LogP contribution in [0, 0.1) is 5.41 Å². The summed E-state index contributed by atoms with van der Waals surface area (Å²) < 4.78 is 18.8. The Balaban J connectivity index is 1.99. The highest BCUT2D eigenvalue weighted by Gasteiger charge is 2.47. The summed E-state index contributed by atoms with van der Waals surface area (Å²) in [6, 6.07) is 0. The predicted octanol–water partition coefficient (Wildman–Crippen LogP) is 1.93. The average Bonchev–Trinajstić information content (AvgIpc) is 2.68. The third-order valence-electron chi connectivity index (χ3n) is 3.44. The number of nitrogens with zero attached hydrogens (tertiary/aromatic N) is 1. The van der Waals surface area contributed by atoms with Gasteiger partial charge in [0.1, 0.15) is 12.8 Å². The number of hydrogen-bond acceptors (Lipinski definition) is 3. The Hall–Kier alpha value is -0.900. The SMILES string of the molecule is CC(C)(C)C(=O)OC[C@@]12C=CCN1C[C@H](F)C2. The van der Waals surface area contributed by atoms with Gasteiger partial charge < -0.3 is 4.74 Å². The quantitative estimate of drug-likeness (QED) is 0.546. The van der Waals surface area contributed by atoms with Gasteiger partial charge in [0.2, 0.25) is 0 Å². The number of halogens is 1. The molecule has 0 aromatic heterocycles. The van der Waals surface area contributed by atoms with Crippen molar-refractivity contribution in [3.63, 3.8) is 0 Å². The molecule has 1 fully saturated rings. The second kappa shape index (κ2) is 4.09. The summed E-state index contributed by atoms with van der Waals surface area (Å²) in [5, 5.41) is 0. The van der Waals surface area contributed by atoms with Crippen LogP contribution in [-0.4, -0.2) is 42.3 Å². The largest absolute Gasteiger partial charge is 0.463 e. The molecule has 0 aromatic rings. The summed E-state index contributed by atoms with van der Waals surface area (Å²) in [5.41, 5.74) is -0.891. The van der Waals surface area contributed by atoms with E-state index in [1.165, 1.54) is 0 Å². The molecule has 3 nitrogen and oxygen atoms in total. The minimum Gasteiger partial charge on any atom is -0.463 e. The Labute approximate surface area is 102 Å². The van der Waals surface area contributed by atoms with Crippen LogP contribution in [0.5, 0.6) is 0 Å². The van der Waals surface area contributed by atoms with Gasteiger partial charge in [0.15, 0.2) is 0 Å². The highest BCUT2D eigenvalue weighted by molar-refractivity contribution is 5.75. The highest BCUT2D eigenvalue weighted by Crippen LogP contribution is 2.36. The number of ether oxygens (including phenoxy) is 1. The van der Waals surface area contributed by atoms with Crippen molar-refractivity contribution in [3.05, 3.63) is 12.2 Å². The van der Waals surface area contributed by atoms with E-state index in [0.717, 1.165) is 6.54 Å². The van der Waals surface area contributed by atoms with Gasteiger partial charge in [-0.25, -0.2) is 4.39 Å². The molecule has 0 bridgehead atoms. The number of hydrogen-bond donors (Lipinski definition) is 0. The van der Waals surface area contributed by atoms with Crippen LogP contribution in [0.25, 0.3) is 0 Å². The van der Waals surface area contributed by atoms with E-state index in [1.807, 2.05) is 37.8 Å². The molecular weight excluding hydrogens is 221 g/mol. The van der Waals surface area contributed by atoms with Gasteiger partial charge >= 0.3 is 5.97 Å². The molecule has 0 N–H and O–H groups in total. The first-order valence-corrected chi connectivity index (χ1v) is 6.08. The van der Waals surface area contributed by atoms with Crippen molar-refractivity contribution in [2.45, 2.75) is 38.9 Å². The van der Waals surface area contributed by atoms with Crippen LogP contribution in [0.3, 0.4) is 0 Å². The van der Waals surface area contributed by atoms with Gasteiger partial charge in [-0.15, -0.1) is 0 Å². The molecule has 17 heavy (non-hydrogen) atoms. The van der Waals surface area contributed by atoms with E-state index in [-0.39, 0.29) is 18.1 Å². The third kappa shape index (κ3) is 2.37. The number of alkyl halides is 1.